The van der Waals surface area contributed by atoms with Crippen LogP contribution in [0.25, 0.3) is 22.7 Å². The zero-order valence-electron chi connectivity index (χ0n) is 16.4. The Morgan fingerprint density at radius 3 is 2.78 bits per heavy atom. The van der Waals surface area contributed by atoms with Gasteiger partial charge in [0.25, 0.3) is 0 Å². The van der Waals surface area contributed by atoms with Crippen LogP contribution in [-0.2, 0) is 6.61 Å². The number of benzene rings is 3. The van der Waals surface area contributed by atoms with Crippen molar-refractivity contribution in [2.75, 3.05) is 0 Å². The van der Waals surface area contributed by atoms with Gasteiger partial charge in [-0.2, -0.15) is 5.26 Å². The minimum atomic E-state index is -0.608. The molecule has 0 amide bonds. The zero-order chi connectivity index (χ0) is 22.7. The van der Waals surface area contributed by atoms with E-state index in [1.165, 1.54) is 36.4 Å². The first-order valence-corrected chi connectivity index (χ1v) is 9.75. The third-order valence-corrected chi connectivity index (χ3v) is 5.04. The van der Waals surface area contributed by atoms with Crippen molar-refractivity contribution in [3.63, 3.8) is 0 Å². The van der Waals surface area contributed by atoms with Gasteiger partial charge in [-0.3, -0.25) is 10.1 Å². The van der Waals surface area contributed by atoms with E-state index in [0.29, 0.717) is 16.9 Å². The van der Waals surface area contributed by atoms with E-state index in [1.807, 2.05) is 24.3 Å². The number of nitrogens with zero attached hydrogens (tertiary/aromatic N) is 3. The highest BCUT2D eigenvalue weighted by Gasteiger charge is 2.18. The number of imidazole rings is 1. The second-order valence-electron chi connectivity index (χ2n) is 6.75. The third kappa shape index (κ3) is 4.29. The van der Waals surface area contributed by atoms with Crippen molar-refractivity contribution < 1.29 is 14.1 Å². The fraction of sp³-hybridized carbons (Fsp3) is 0.0435. The van der Waals surface area contributed by atoms with E-state index < -0.39 is 10.7 Å². The summed E-state index contributed by atoms with van der Waals surface area (Å²) in [7, 11) is 0. The summed E-state index contributed by atoms with van der Waals surface area (Å²) in [5.74, 6) is -0.260. The van der Waals surface area contributed by atoms with Gasteiger partial charge < -0.3 is 9.72 Å². The molecule has 0 unspecified atom stereocenters. The van der Waals surface area contributed by atoms with Gasteiger partial charge in [0, 0.05) is 11.6 Å². The van der Waals surface area contributed by atoms with Crippen LogP contribution in [0.2, 0.25) is 5.02 Å². The number of hydrogen-bond donors (Lipinski definition) is 1. The fourth-order valence-corrected chi connectivity index (χ4v) is 3.33. The lowest BCUT2D eigenvalue weighted by molar-refractivity contribution is -0.386. The van der Waals surface area contributed by atoms with Gasteiger partial charge >= 0.3 is 5.69 Å². The number of nitriles is 1. The number of hydrogen-bond acceptors (Lipinski definition) is 5. The molecule has 9 heteroatoms. The number of fused-ring (bicyclic) bond motifs is 1. The summed E-state index contributed by atoms with van der Waals surface area (Å²) in [6.07, 6.45) is 1.49. The predicted molar refractivity (Wildman–Crippen MR) is 118 cm³/mol. The molecule has 7 nitrogen and oxygen atoms in total. The largest absolute Gasteiger partial charge is 0.482 e. The van der Waals surface area contributed by atoms with Crippen LogP contribution in [-0.4, -0.2) is 14.9 Å². The summed E-state index contributed by atoms with van der Waals surface area (Å²) in [6.45, 7) is -0.274. The van der Waals surface area contributed by atoms with Gasteiger partial charge in [-0.25, -0.2) is 9.37 Å². The van der Waals surface area contributed by atoms with Gasteiger partial charge in [-0.15, -0.1) is 0 Å². The molecule has 0 fully saturated rings. The third-order valence-electron chi connectivity index (χ3n) is 4.69. The zero-order valence-corrected chi connectivity index (χ0v) is 17.1. The molecule has 0 saturated heterocycles. The second kappa shape index (κ2) is 8.88. The Hall–Kier alpha value is -4.22. The molecule has 0 aliphatic rings. The smallest absolute Gasteiger partial charge is 0.311 e. The minimum Gasteiger partial charge on any atom is -0.482 e. The lowest BCUT2D eigenvalue weighted by Crippen LogP contribution is -2.02. The molecule has 1 heterocycles. The molecular formula is C23H14ClFN4O3. The quantitative estimate of drug-likeness (QED) is 0.224. The number of halogens is 2. The van der Waals surface area contributed by atoms with E-state index in [0.717, 1.165) is 5.52 Å². The number of nitro benzene ring substituents is 1. The first kappa shape index (κ1) is 21.0. The monoisotopic (exact) mass is 448 g/mol. The van der Waals surface area contributed by atoms with E-state index >= 15 is 0 Å². The molecule has 0 radical (unpaired) electrons. The van der Waals surface area contributed by atoms with E-state index in [2.05, 4.69) is 16.0 Å². The van der Waals surface area contributed by atoms with Crippen LogP contribution in [0.4, 0.5) is 10.1 Å². The number of rotatable bonds is 6. The van der Waals surface area contributed by atoms with Crippen molar-refractivity contribution in [3.05, 3.63) is 98.6 Å². The Morgan fingerprint density at radius 2 is 2.06 bits per heavy atom. The summed E-state index contributed by atoms with van der Waals surface area (Å²) < 4.78 is 19.4. The highest BCUT2D eigenvalue weighted by molar-refractivity contribution is 6.31. The van der Waals surface area contributed by atoms with Crippen LogP contribution < -0.4 is 4.74 Å². The average molecular weight is 449 g/mol. The Balaban J connectivity index is 1.64. The topological polar surface area (TPSA) is 105 Å². The first-order valence-electron chi connectivity index (χ1n) is 9.37. The number of allylic oxidation sites excluding steroid dienone is 1. The number of para-hydroxylation sites is 2. The van der Waals surface area contributed by atoms with Crippen LogP contribution in [0.15, 0.2) is 60.7 Å². The molecule has 158 valence electrons. The normalized spacial score (nSPS) is 11.3. The van der Waals surface area contributed by atoms with Gasteiger partial charge in [-0.05, 0) is 42.0 Å². The van der Waals surface area contributed by atoms with Crippen LogP contribution in [0.5, 0.6) is 5.75 Å². The fourth-order valence-electron chi connectivity index (χ4n) is 3.11. The second-order valence-corrected chi connectivity index (χ2v) is 7.15. The SMILES string of the molecule is N#C/C(=C\c1ccc(OCc2c(F)cccc2Cl)c([N+](=O)[O-])c1)c1nc2ccccc2[nH]1. The number of ether oxygens (including phenoxy) is 1. The Bertz CT molecular complexity index is 1350. The average Bonchev–Trinajstić information content (AvgIpc) is 3.21. The molecule has 0 spiro atoms. The maximum atomic E-state index is 14.0. The lowest BCUT2D eigenvalue weighted by atomic mass is 10.1. The number of aromatic amines is 1. The van der Waals surface area contributed by atoms with Crippen molar-refractivity contribution >= 4 is 40.0 Å². The molecule has 4 aromatic rings. The number of nitro groups is 1. The van der Waals surface area contributed by atoms with E-state index in [4.69, 9.17) is 16.3 Å². The Kier molecular flexibility index (Phi) is 5.83. The molecule has 4 rings (SSSR count). The van der Waals surface area contributed by atoms with Gasteiger partial charge in [0.15, 0.2) is 5.75 Å². The maximum absolute atomic E-state index is 14.0. The van der Waals surface area contributed by atoms with Crippen molar-refractivity contribution in [2.24, 2.45) is 0 Å². The highest BCUT2D eigenvalue weighted by Crippen LogP contribution is 2.31. The maximum Gasteiger partial charge on any atom is 0.311 e. The molecular weight excluding hydrogens is 435 g/mol. The summed E-state index contributed by atoms with van der Waals surface area (Å²) in [5, 5.41) is 21.3. The van der Waals surface area contributed by atoms with Gasteiger partial charge in [-0.1, -0.05) is 35.9 Å². The predicted octanol–water partition coefficient (Wildman–Crippen LogP) is 5.91. The first-order chi connectivity index (χ1) is 15.5. The van der Waals surface area contributed by atoms with E-state index in [9.17, 15) is 19.8 Å². The summed E-state index contributed by atoms with van der Waals surface area (Å²) in [4.78, 5) is 18.4. The van der Waals surface area contributed by atoms with Crippen LogP contribution >= 0.6 is 11.6 Å². The number of H-pyrrole nitrogens is 1. The van der Waals surface area contributed by atoms with Crippen LogP contribution in [0, 0.1) is 27.3 Å². The molecule has 0 atom stereocenters. The van der Waals surface area contributed by atoms with Gasteiger partial charge in [0.2, 0.25) is 0 Å². The van der Waals surface area contributed by atoms with Gasteiger partial charge in [0.05, 0.1) is 26.6 Å². The Labute approximate surface area is 186 Å². The molecule has 0 saturated carbocycles. The Morgan fingerprint density at radius 1 is 1.25 bits per heavy atom. The number of aromatic nitrogens is 2. The molecule has 1 aromatic heterocycles. The summed E-state index contributed by atoms with van der Waals surface area (Å²) >= 11 is 5.98. The summed E-state index contributed by atoms with van der Waals surface area (Å²) in [5.41, 5.74) is 1.86. The van der Waals surface area contributed by atoms with E-state index in [-0.39, 0.29) is 34.2 Å². The molecule has 3 aromatic carbocycles. The van der Waals surface area contributed by atoms with Crippen molar-refractivity contribution in [2.45, 2.75) is 6.61 Å². The summed E-state index contributed by atoms with van der Waals surface area (Å²) in [6, 6.07) is 17.8. The standard InChI is InChI=1S/C23H14ClFN4O3/c24-17-4-3-5-18(25)16(17)13-32-22-9-8-14(11-21(22)29(30)31)10-15(12-26)23-27-19-6-1-2-7-20(19)28-23/h1-11H,13H2,(H,27,28)/b15-10+. The van der Waals surface area contributed by atoms with Gasteiger partial charge in [0.1, 0.15) is 24.3 Å². The lowest BCUT2D eigenvalue weighted by Gasteiger charge is -2.09. The molecule has 1 N–H and O–H groups in total. The van der Waals surface area contributed by atoms with Crippen LogP contribution in [0.1, 0.15) is 17.0 Å². The van der Waals surface area contributed by atoms with Crippen molar-refractivity contribution in [1.82, 2.24) is 9.97 Å². The minimum absolute atomic E-state index is 0.0475. The van der Waals surface area contributed by atoms with Crippen LogP contribution in [0.3, 0.4) is 0 Å². The molecule has 0 aliphatic heterocycles. The van der Waals surface area contributed by atoms with Crippen molar-refractivity contribution in [3.8, 4) is 11.8 Å². The molecule has 0 aliphatic carbocycles. The van der Waals surface area contributed by atoms with Crippen molar-refractivity contribution in [1.29, 1.82) is 5.26 Å². The molecule has 0 bridgehead atoms. The molecule has 32 heavy (non-hydrogen) atoms. The highest BCUT2D eigenvalue weighted by atomic mass is 35.5. The number of nitrogens with one attached hydrogen (secondary N) is 1. The van der Waals surface area contributed by atoms with E-state index in [1.54, 1.807) is 6.07 Å².